The van der Waals surface area contributed by atoms with Crippen molar-refractivity contribution in [3.05, 3.63) is 59.3 Å². The molecular formula is C21H30FNO2. The molecule has 1 aromatic carbocycles. The van der Waals surface area contributed by atoms with Gasteiger partial charge >= 0.3 is 0 Å². The van der Waals surface area contributed by atoms with Gasteiger partial charge in [0, 0.05) is 13.1 Å². The molecule has 3 nitrogen and oxygen atoms in total. The molecule has 0 radical (unpaired) electrons. The van der Waals surface area contributed by atoms with E-state index in [2.05, 4.69) is 18.7 Å². The first-order valence-corrected chi connectivity index (χ1v) is 9.14. The second-order valence-corrected chi connectivity index (χ2v) is 7.19. The third-order valence-corrected chi connectivity index (χ3v) is 4.61. The van der Waals surface area contributed by atoms with Gasteiger partial charge in [-0.2, -0.15) is 0 Å². The van der Waals surface area contributed by atoms with Crippen LogP contribution in [0.1, 0.15) is 57.6 Å². The maximum Gasteiger partial charge on any atom is 0.135 e. The van der Waals surface area contributed by atoms with Gasteiger partial charge in [-0.05, 0) is 48.6 Å². The van der Waals surface area contributed by atoms with Gasteiger partial charge in [-0.25, -0.2) is 4.39 Å². The van der Waals surface area contributed by atoms with E-state index in [1.54, 1.807) is 0 Å². The summed E-state index contributed by atoms with van der Waals surface area (Å²) in [5.74, 6) is 1.78. The zero-order chi connectivity index (χ0) is 18.4. The lowest BCUT2D eigenvalue weighted by atomic mass is 9.95. The van der Waals surface area contributed by atoms with Crippen LogP contribution in [-0.2, 0) is 18.7 Å². The Morgan fingerprint density at radius 3 is 2.24 bits per heavy atom. The van der Waals surface area contributed by atoms with Crippen LogP contribution in [-0.4, -0.2) is 16.6 Å². The molecular weight excluding hydrogens is 317 g/mol. The lowest BCUT2D eigenvalue weighted by Gasteiger charge is -2.24. The second kappa shape index (κ2) is 8.63. The van der Waals surface area contributed by atoms with Crippen molar-refractivity contribution in [2.75, 3.05) is 6.54 Å². The van der Waals surface area contributed by atoms with Gasteiger partial charge in [-0.3, -0.25) is 4.90 Å². The Hall–Kier alpha value is -1.65. The maximum absolute atomic E-state index is 13.1. The minimum absolute atomic E-state index is 0.215. The Kier molecular flexibility index (Phi) is 6.79. The van der Waals surface area contributed by atoms with Crippen molar-refractivity contribution < 1.29 is 13.9 Å². The summed E-state index contributed by atoms with van der Waals surface area (Å²) in [4.78, 5) is 2.29. The van der Waals surface area contributed by atoms with Crippen LogP contribution in [0.2, 0.25) is 0 Å². The summed E-state index contributed by atoms with van der Waals surface area (Å²) in [6, 6.07) is 10.5. The number of halogens is 1. The number of benzene rings is 1. The molecule has 0 unspecified atom stereocenters. The summed E-state index contributed by atoms with van der Waals surface area (Å²) in [5.41, 5.74) is 0.186. The molecule has 2 aromatic rings. The number of rotatable bonds is 9. The summed E-state index contributed by atoms with van der Waals surface area (Å²) < 4.78 is 19.1. The number of nitrogens with zero attached hydrogens (tertiary/aromatic N) is 1. The van der Waals surface area contributed by atoms with Crippen LogP contribution >= 0.6 is 0 Å². The average Bonchev–Trinajstić information content (AvgIpc) is 3.04. The molecule has 0 aliphatic heterocycles. The quantitative estimate of drug-likeness (QED) is 0.687. The number of aliphatic hydroxyl groups is 1. The van der Waals surface area contributed by atoms with Crippen molar-refractivity contribution in [2.45, 2.75) is 59.2 Å². The topological polar surface area (TPSA) is 36.6 Å². The molecule has 0 saturated carbocycles. The van der Waals surface area contributed by atoms with Crippen molar-refractivity contribution >= 4 is 0 Å². The Morgan fingerprint density at radius 2 is 1.68 bits per heavy atom. The fraction of sp³-hybridized carbons (Fsp3) is 0.524. The van der Waals surface area contributed by atoms with E-state index in [0.717, 1.165) is 24.4 Å². The zero-order valence-corrected chi connectivity index (χ0v) is 15.8. The highest BCUT2D eigenvalue weighted by Gasteiger charge is 2.28. The first-order valence-electron chi connectivity index (χ1n) is 9.14. The lowest BCUT2D eigenvalue weighted by molar-refractivity contribution is 0.00512. The Labute approximate surface area is 150 Å². The van der Waals surface area contributed by atoms with Crippen LogP contribution in [0.25, 0.3) is 0 Å². The highest BCUT2D eigenvalue weighted by Crippen LogP contribution is 2.30. The summed E-state index contributed by atoms with van der Waals surface area (Å²) in [6.07, 6.45) is 1.25. The molecule has 1 heterocycles. The summed E-state index contributed by atoms with van der Waals surface area (Å²) >= 11 is 0. The molecule has 1 N–H and O–H groups in total. The van der Waals surface area contributed by atoms with Crippen molar-refractivity contribution in [3.63, 3.8) is 0 Å². The predicted molar refractivity (Wildman–Crippen MR) is 98.5 cm³/mol. The van der Waals surface area contributed by atoms with Crippen LogP contribution in [0.15, 0.2) is 40.8 Å². The van der Waals surface area contributed by atoms with Crippen molar-refractivity contribution in [1.29, 1.82) is 0 Å². The fourth-order valence-corrected chi connectivity index (χ4v) is 3.08. The van der Waals surface area contributed by atoms with E-state index in [-0.39, 0.29) is 5.82 Å². The minimum Gasteiger partial charge on any atom is -0.462 e. The molecule has 0 atom stereocenters. The molecule has 0 spiro atoms. The highest BCUT2D eigenvalue weighted by molar-refractivity contribution is 5.17. The summed E-state index contributed by atoms with van der Waals surface area (Å²) in [6.45, 7) is 10.6. The van der Waals surface area contributed by atoms with E-state index in [1.165, 1.54) is 12.1 Å². The van der Waals surface area contributed by atoms with Gasteiger partial charge in [0.1, 0.15) is 22.9 Å². The monoisotopic (exact) mass is 347 g/mol. The van der Waals surface area contributed by atoms with Crippen molar-refractivity contribution in [1.82, 2.24) is 4.90 Å². The molecule has 4 heteroatoms. The largest absolute Gasteiger partial charge is 0.462 e. The number of hydrogen-bond acceptors (Lipinski definition) is 3. The summed E-state index contributed by atoms with van der Waals surface area (Å²) in [7, 11) is 0. The number of hydrogen-bond donors (Lipinski definition) is 1. The van der Waals surface area contributed by atoms with Crippen molar-refractivity contribution in [3.8, 4) is 0 Å². The average molecular weight is 347 g/mol. The zero-order valence-electron chi connectivity index (χ0n) is 15.8. The van der Waals surface area contributed by atoms with Gasteiger partial charge in [0.15, 0.2) is 0 Å². The van der Waals surface area contributed by atoms with Crippen LogP contribution in [0.4, 0.5) is 4.39 Å². The van der Waals surface area contributed by atoms with Crippen LogP contribution in [0.3, 0.4) is 0 Å². The molecule has 0 fully saturated rings. The van der Waals surface area contributed by atoms with E-state index in [4.69, 9.17) is 4.42 Å². The predicted octanol–water partition coefficient (Wildman–Crippen LogP) is 5.08. The van der Waals surface area contributed by atoms with E-state index < -0.39 is 5.60 Å². The fourth-order valence-electron chi connectivity index (χ4n) is 3.08. The summed E-state index contributed by atoms with van der Waals surface area (Å²) in [5, 5.41) is 10.6. The second-order valence-electron chi connectivity index (χ2n) is 7.19. The van der Waals surface area contributed by atoms with Gasteiger partial charge in [0.2, 0.25) is 0 Å². The Balaban J connectivity index is 2.11. The molecule has 1 aromatic heterocycles. The lowest BCUT2D eigenvalue weighted by Crippen LogP contribution is -2.27. The SMILES string of the molecule is CCC(O)(CC)c1ccc(CN(Cc2ccc(F)cc2)CC(C)C)o1. The molecule has 2 rings (SSSR count). The van der Waals surface area contributed by atoms with Gasteiger partial charge in [0.25, 0.3) is 0 Å². The first-order chi connectivity index (χ1) is 11.9. The van der Waals surface area contributed by atoms with Crippen LogP contribution in [0, 0.1) is 11.7 Å². The third kappa shape index (κ3) is 5.41. The number of furan rings is 1. The van der Waals surface area contributed by atoms with Gasteiger partial charge in [0.05, 0.1) is 6.54 Å². The first kappa shape index (κ1) is 19.7. The molecule has 0 aliphatic carbocycles. The highest BCUT2D eigenvalue weighted by atomic mass is 19.1. The smallest absolute Gasteiger partial charge is 0.135 e. The molecule has 25 heavy (non-hydrogen) atoms. The molecule has 0 saturated heterocycles. The van der Waals surface area contributed by atoms with Gasteiger partial charge in [-0.1, -0.05) is 39.8 Å². The van der Waals surface area contributed by atoms with Gasteiger partial charge < -0.3 is 9.52 Å². The standard InChI is InChI=1S/C21H30FNO2/c1-5-21(24,6-2)20-12-11-19(25-20)15-23(13-16(3)4)14-17-7-9-18(22)10-8-17/h7-12,16,24H,5-6,13-15H2,1-4H3. The van der Waals surface area contributed by atoms with E-state index in [9.17, 15) is 9.50 Å². The van der Waals surface area contributed by atoms with E-state index in [1.807, 2.05) is 38.1 Å². The Morgan fingerprint density at radius 1 is 1.04 bits per heavy atom. The van der Waals surface area contributed by atoms with E-state index in [0.29, 0.717) is 31.1 Å². The van der Waals surface area contributed by atoms with Gasteiger partial charge in [-0.15, -0.1) is 0 Å². The normalized spacial score (nSPS) is 12.3. The van der Waals surface area contributed by atoms with Crippen LogP contribution < -0.4 is 0 Å². The molecule has 0 bridgehead atoms. The van der Waals surface area contributed by atoms with Crippen LogP contribution in [0.5, 0.6) is 0 Å². The third-order valence-electron chi connectivity index (χ3n) is 4.61. The molecule has 0 aliphatic rings. The molecule has 0 amide bonds. The van der Waals surface area contributed by atoms with Crippen molar-refractivity contribution in [2.24, 2.45) is 5.92 Å². The van der Waals surface area contributed by atoms with E-state index >= 15 is 0 Å². The Bertz CT molecular complexity index is 644. The molecule has 138 valence electrons. The minimum atomic E-state index is -0.891. The maximum atomic E-state index is 13.1.